The first kappa shape index (κ1) is 15.7. The van der Waals surface area contributed by atoms with E-state index in [0.29, 0.717) is 17.9 Å². The topological polar surface area (TPSA) is 46.1 Å². The summed E-state index contributed by atoms with van der Waals surface area (Å²) in [4.78, 5) is 23.5. The zero-order valence-electron chi connectivity index (χ0n) is 13.8. The third kappa shape index (κ3) is 3.76. The van der Waals surface area contributed by atoms with Crippen LogP contribution in [0.1, 0.15) is 47.2 Å². The number of carbonyl (C=O) groups is 1. The van der Waals surface area contributed by atoms with Crippen molar-refractivity contribution in [1.82, 2.24) is 14.9 Å². The first-order valence-electron chi connectivity index (χ1n) is 8.29. The summed E-state index contributed by atoms with van der Waals surface area (Å²) < 4.78 is 0. The molecule has 1 amide bonds. The number of aryl methyl sites for hydroxylation is 1. The fraction of sp³-hybridized carbons (Fsp3) is 0.421. The first-order valence-corrected chi connectivity index (χ1v) is 8.29. The second kappa shape index (κ2) is 6.90. The molecule has 1 aromatic carbocycles. The Hall–Kier alpha value is -2.23. The molecule has 4 heteroatoms. The average Bonchev–Trinajstić information content (AvgIpc) is 2.56. The standard InChI is InChI=1S/C19H23N3O/c1-14-8-10-22(11-9-14)19(23)17-13-20-18(21-15(17)2)12-16-6-4-3-5-7-16/h3-7,13-14H,8-12H2,1-2H3. The number of carbonyl (C=O) groups excluding carboxylic acids is 1. The van der Waals surface area contributed by atoms with Crippen molar-refractivity contribution in [2.75, 3.05) is 13.1 Å². The van der Waals surface area contributed by atoms with Gasteiger partial charge in [-0.25, -0.2) is 9.97 Å². The van der Waals surface area contributed by atoms with Crippen LogP contribution in [0.3, 0.4) is 0 Å². The van der Waals surface area contributed by atoms with Gasteiger partial charge in [-0.05, 0) is 31.2 Å². The lowest BCUT2D eigenvalue weighted by Crippen LogP contribution is -2.38. The van der Waals surface area contributed by atoms with E-state index < -0.39 is 0 Å². The number of hydrogen-bond donors (Lipinski definition) is 0. The number of amides is 1. The van der Waals surface area contributed by atoms with Gasteiger partial charge < -0.3 is 4.90 Å². The van der Waals surface area contributed by atoms with E-state index in [-0.39, 0.29) is 5.91 Å². The second-order valence-electron chi connectivity index (χ2n) is 6.42. The Morgan fingerprint density at radius 1 is 1.22 bits per heavy atom. The molecule has 0 saturated carbocycles. The van der Waals surface area contributed by atoms with Crippen molar-refractivity contribution in [1.29, 1.82) is 0 Å². The van der Waals surface area contributed by atoms with Crippen molar-refractivity contribution in [3.8, 4) is 0 Å². The molecule has 0 aliphatic carbocycles. The third-order valence-electron chi connectivity index (χ3n) is 4.54. The molecule has 23 heavy (non-hydrogen) atoms. The van der Waals surface area contributed by atoms with E-state index in [2.05, 4.69) is 29.0 Å². The number of aromatic nitrogens is 2. The van der Waals surface area contributed by atoms with E-state index in [1.807, 2.05) is 30.0 Å². The zero-order chi connectivity index (χ0) is 16.2. The number of benzene rings is 1. The molecule has 1 aromatic heterocycles. The van der Waals surface area contributed by atoms with Gasteiger partial charge in [-0.1, -0.05) is 37.3 Å². The van der Waals surface area contributed by atoms with Crippen LogP contribution in [0.15, 0.2) is 36.5 Å². The summed E-state index contributed by atoms with van der Waals surface area (Å²) in [5, 5.41) is 0. The van der Waals surface area contributed by atoms with Gasteiger partial charge in [0.2, 0.25) is 0 Å². The summed E-state index contributed by atoms with van der Waals surface area (Å²) >= 11 is 0. The van der Waals surface area contributed by atoms with Crippen LogP contribution in [0.25, 0.3) is 0 Å². The van der Waals surface area contributed by atoms with Gasteiger partial charge in [0.25, 0.3) is 5.91 Å². The van der Waals surface area contributed by atoms with Crippen molar-refractivity contribution in [2.45, 2.75) is 33.1 Å². The minimum Gasteiger partial charge on any atom is -0.339 e. The predicted molar refractivity (Wildman–Crippen MR) is 90.3 cm³/mol. The van der Waals surface area contributed by atoms with Crippen molar-refractivity contribution < 1.29 is 4.79 Å². The molecule has 0 bridgehead atoms. The van der Waals surface area contributed by atoms with Crippen LogP contribution in [0.5, 0.6) is 0 Å². The Morgan fingerprint density at radius 3 is 2.57 bits per heavy atom. The van der Waals surface area contributed by atoms with Crippen molar-refractivity contribution in [2.24, 2.45) is 5.92 Å². The van der Waals surface area contributed by atoms with E-state index in [1.165, 1.54) is 5.56 Å². The van der Waals surface area contributed by atoms with Crippen LogP contribution in [-0.4, -0.2) is 33.9 Å². The van der Waals surface area contributed by atoms with E-state index in [9.17, 15) is 4.79 Å². The molecule has 3 rings (SSSR count). The maximum atomic E-state index is 12.6. The number of likely N-dealkylation sites (tertiary alicyclic amines) is 1. The molecule has 1 aliphatic rings. The van der Waals surface area contributed by atoms with E-state index >= 15 is 0 Å². The highest BCUT2D eigenvalue weighted by Gasteiger charge is 2.23. The fourth-order valence-electron chi connectivity index (χ4n) is 2.97. The molecule has 0 radical (unpaired) electrons. The van der Waals surface area contributed by atoms with Gasteiger partial charge in [-0.2, -0.15) is 0 Å². The summed E-state index contributed by atoms with van der Waals surface area (Å²) in [6, 6.07) is 10.1. The normalized spacial score (nSPS) is 15.7. The van der Waals surface area contributed by atoms with Gasteiger partial charge in [-0.3, -0.25) is 4.79 Å². The van der Waals surface area contributed by atoms with Crippen LogP contribution in [0, 0.1) is 12.8 Å². The summed E-state index contributed by atoms with van der Waals surface area (Å²) in [5.41, 5.74) is 2.59. The molecule has 1 saturated heterocycles. The van der Waals surface area contributed by atoms with E-state index in [0.717, 1.165) is 37.4 Å². The minimum absolute atomic E-state index is 0.0701. The minimum atomic E-state index is 0.0701. The molecule has 0 spiro atoms. The SMILES string of the molecule is Cc1nc(Cc2ccccc2)ncc1C(=O)N1CCC(C)CC1. The third-order valence-corrected chi connectivity index (χ3v) is 4.54. The highest BCUT2D eigenvalue weighted by atomic mass is 16.2. The molecule has 1 aliphatic heterocycles. The lowest BCUT2D eigenvalue weighted by molar-refractivity contribution is 0.0695. The van der Waals surface area contributed by atoms with Gasteiger partial charge in [-0.15, -0.1) is 0 Å². The average molecular weight is 309 g/mol. The summed E-state index contributed by atoms with van der Waals surface area (Å²) in [6.45, 7) is 5.82. The molecular weight excluding hydrogens is 286 g/mol. The highest BCUT2D eigenvalue weighted by Crippen LogP contribution is 2.19. The summed E-state index contributed by atoms with van der Waals surface area (Å²) in [6.07, 6.45) is 4.55. The summed E-state index contributed by atoms with van der Waals surface area (Å²) in [5.74, 6) is 1.54. The Labute approximate surface area is 137 Å². The zero-order valence-corrected chi connectivity index (χ0v) is 13.8. The molecule has 2 heterocycles. The Morgan fingerprint density at radius 2 is 1.91 bits per heavy atom. The van der Waals surface area contributed by atoms with Crippen molar-refractivity contribution in [3.63, 3.8) is 0 Å². The molecular formula is C19H23N3O. The lowest BCUT2D eigenvalue weighted by Gasteiger charge is -2.30. The van der Waals surface area contributed by atoms with Gasteiger partial charge in [0.1, 0.15) is 5.82 Å². The Balaban J connectivity index is 1.73. The van der Waals surface area contributed by atoms with Crippen LogP contribution < -0.4 is 0 Å². The van der Waals surface area contributed by atoms with Gasteiger partial charge in [0.05, 0.1) is 11.3 Å². The van der Waals surface area contributed by atoms with Crippen LogP contribution >= 0.6 is 0 Å². The molecule has 2 aromatic rings. The van der Waals surface area contributed by atoms with Crippen molar-refractivity contribution in [3.05, 3.63) is 59.2 Å². The van der Waals surface area contributed by atoms with Crippen LogP contribution in [-0.2, 0) is 6.42 Å². The number of nitrogens with zero attached hydrogens (tertiary/aromatic N) is 3. The maximum Gasteiger partial charge on any atom is 0.257 e. The van der Waals surface area contributed by atoms with E-state index in [4.69, 9.17) is 0 Å². The van der Waals surface area contributed by atoms with E-state index in [1.54, 1.807) is 6.20 Å². The number of rotatable bonds is 3. The molecule has 1 fully saturated rings. The highest BCUT2D eigenvalue weighted by molar-refractivity contribution is 5.95. The maximum absolute atomic E-state index is 12.6. The van der Waals surface area contributed by atoms with Gasteiger partial charge in [0.15, 0.2) is 0 Å². The molecule has 4 nitrogen and oxygen atoms in total. The van der Waals surface area contributed by atoms with Gasteiger partial charge >= 0.3 is 0 Å². The fourth-order valence-corrected chi connectivity index (χ4v) is 2.97. The predicted octanol–water partition coefficient (Wildman–Crippen LogP) is 3.25. The monoisotopic (exact) mass is 309 g/mol. The second-order valence-corrected chi connectivity index (χ2v) is 6.42. The molecule has 0 atom stereocenters. The largest absolute Gasteiger partial charge is 0.339 e. The smallest absolute Gasteiger partial charge is 0.257 e. The Bertz CT molecular complexity index is 676. The number of piperidine rings is 1. The van der Waals surface area contributed by atoms with Crippen LogP contribution in [0.4, 0.5) is 0 Å². The van der Waals surface area contributed by atoms with Crippen LogP contribution in [0.2, 0.25) is 0 Å². The lowest BCUT2D eigenvalue weighted by atomic mass is 9.98. The molecule has 0 N–H and O–H groups in total. The number of hydrogen-bond acceptors (Lipinski definition) is 3. The quantitative estimate of drug-likeness (QED) is 0.874. The first-order chi connectivity index (χ1) is 11.1. The van der Waals surface area contributed by atoms with Crippen molar-refractivity contribution >= 4 is 5.91 Å². The molecule has 0 unspecified atom stereocenters. The Kier molecular flexibility index (Phi) is 4.70. The summed E-state index contributed by atoms with van der Waals surface area (Å²) in [7, 11) is 0. The van der Waals surface area contributed by atoms with Gasteiger partial charge in [0, 0.05) is 25.7 Å². The molecule has 120 valence electrons.